The summed E-state index contributed by atoms with van der Waals surface area (Å²) in [5.41, 5.74) is 0.783. The maximum absolute atomic E-state index is 13.7. The van der Waals surface area contributed by atoms with Crippen molar-refractivity contribution in [3.05, 3.63) is 24.5 Å². The molecular formula is C9H9FN4O. The molecule has 15 heavy (non-hydrogen) atoms. The predicted octanol–water partition coefficient (Wildman–Crippen LogP) is 1.02. The van der Waals surface area contributed by atoms with Gasteiger partial charge < -0.3 is 4.74 Å². The van der Waals surface area contributed by atoms with Crippen molar-refractivity contribution in [1.29, 1.82) is 0 Å². The lowest BCUT2D eigenvalue weighted by atomic mass is 10.2. The van der Waals surface area contributed by atoms with Crippen LogP contribution in [0.1, 0.15) is 0 Å². The SMILES string of the molecule is COc1ncnc(-c2cnn(C)c2)c1F. The van der Waals surface area contributed by atoms with Gasteiger partial charge in [0.2, 0.25) is 5.82 Å². The quantitative estimate of drug-likeness (QED) is 0.739. The van der Waals surface area contributed by atoms with Crippen LogP contribution >= 0.6 is 0 Å². The lowest BCUT2D eigenvalue weighted by Crippen LogP contribution is -1.96. The molecule has 0 aliphatic heterocycles. The zero-order valence-corrected chi connectivity index (χ0v) is 8.31. The minimum absolute atomic E-state index is 0.0659. The van der Waals surface area contributed by atoms with Crippen molar-refractivity contribution in [2.24, 2.45) is 7.05 Å². The van der Waals surface area contributed by atoms with Crippen LogP contribution in [0.5, 0.6) is 5.88 Å². The molecule has 2 heterocycles. The Morgan fingerprint density at radius 2 is 2.20 bits per heavy atom. The molecule has 6 heteroatoms. The average molecular weight is 208 g/mol. The fourth-order valence-electron chi connectivity index (χ4n) is 1.24. The Morgan fingerprint density at radius 1 is 1.40 bits per heavy atom. The van der Waals surface area contributed by atoms with E-state index in [1.54, 1.807) is 17.9 Å². The molecule has 0 aromatic carbocycles. The topological polar surface area (TPSA) is 52.8 Å². The summed E-state index contributed by atoms with van der Waals surface area (Å²) in [6, 6.07) is 0. The molecule has 5 nitrogen and oxygen atoms in total. The van der Waals surface area contributed by atoms with Crippen LogP contribution in [0.3, 0.4) is 0 Å². The van der Waals surface area contributed by atoms with Gasteiger partial charge in [-0.1, -0.05) is 0 Å². The number of halogens is 1. The smallest absolute Gasteiger partial charge is 0.253 e. The van der Waals surface area contributed by atoms with E-state index in [4.69, 9.17) is 4.74 Å². The summed E-state index contributed by atoms with van der Waals surface area (Å²) in [4.78, 5) is 7.51. The molecule has 0 spiro atoms. The van der Waals surface area contributed by atoms with Crippen LogP contribution in [0.15, 0.2) is 18.7 Å². The molecule has 0 aliphatic carbocycles. The molecule has 0 N–H and O–H groups in total. The van der Waals surface area contributed by atoms with Crippen LogP contribution in [0, 0.1) is 5.82 Å². The van der Waals surface area contributed by atoms with E-state index in [1.165, 1.54) is 19.6 Å². The van der Waals surface area contributed by atoms with Crippen molar-refractivity contribution in [2.45, 2.75) is 0 Å². The van der Waals surface area contributed by atoms with Gasteiger partial charge in [-0.25, -0.2) is 4.98 Å². The van der Waals surface area contributed by atoms with Gasteiger partial charge >= 0.3 is 0 Å². The summed E-state index contributed by atoms with van der Waals surface area (Å²) in [6.07, 6.45) is 4.46. The highest BCUT2D eigenvalue weighted by atomic mass is 19.1. The molecule has 2 aromatic rings. The van der Waals surface area contributed by atoms with Gasteiger partial charge in [0, 0.05) is 18.8 Å². The Hall–Kier alpha value is -1.98. The molecule has 0 unspecified atom stereocenters. The molecule has 0 atom stereocenters. The number of nitrogens with zero attached hydrogens (tertiary/aromatic N) is 4. The summed E-state index contributed by atoms with van der Waals surface area (Å²) in [7, 11) is 3.11. The summed E-state index contributed by atoms with van der Waals surface area (Å²) in [5, 5.41) is 3.94. The third-order valence-electron chi connectivity index (χ3n) is 1.93. The van der Waals surface area contributed by atoms with E-state index in [9.17, 15) is 4.39 Å². The van der Waals surface area contributed by atoms with Crippen molar-refractivity contribution in [3.8, 4) is 17.1 Å². The zero-order valence-electron chi connectivity index (χ0n) is 8.31. The number of hydrogen-bond acceptors (Lipinski definition) is 4. The normalized spacial score (nSPS) is 10.3. The number of aryl methyl sites for hydroxylation is 1. The fraction of sp³-hybridized carbons (Fsp3) is 0.222. The summed E-state index contributed by atoms with van der Waals surface area (Å²) in [5.74, 6) is -0.642. The van der Waals surface area contributed by atoms with Crippen molar-refractivity contribution in [1.82, 2.24) is 19.7 Å². The van der Waals surface area contributed by atoms with Crippen LogP contribution in [-0.4, -0.2) is 26.9 Å². The molecule has 0 saturated heterocycles. The van der Waals surface area contributed by atoms with Crippen LogP contribution in [0.25, 0.3) is 11.3 Å². The number of ether oxygens (including phenoxy) is 1. The molecule has 0 aliphatic rings. The van der Waals surface area contributed by atoms with E-state index in [-0.39, 0.29) is 11.6 Å². The first kappa shape index (κ1) is 9.57. The highest BCUT2D eigenvalue weighted by molar-refractivity contribution is 5.58. The van der Waals surface area contributed by atoms with Gasteiger partial charge in [0.15, 0.2) is 0 Å². The molecule has 0 amide bonds. The first-order valence-electron chi connectivity index (χ1n) is 4.26. The summed E-state index contributed by atoms with van der Waals surface area (Å²) in [6.45, 7) is 0. The van der Waals surface area contributed by atoms with Gasteiger partial charge in [0.1, 0.15) is 12.0 Å². The first-order valence-corrected chi connectivity index (χ1v) is 4.26. The Morgan fingerprint density at radius 3 is 2.80 bits per heavy atom. The Labute approximate surface area is 85.5 Å². The molecule has 0 radical (unpaired) electrons. The summed E-state index contributed by atoms with van der Waals surface area (Å²) >= 11 is 0. The largest absolute Gasteiger partial charge is 0.479 e. The van der Waals surface area contributed by atoms with E-state index in [0.717, 1.165) is 0 Å². The standard InChI is InChI=1S/C9H9FN4O/c1-14-4-6(3-13-14)8-7(10)9(15-2)12-5-11-8/h3-5H,1-2H3. The average Bonchev–Trinajstić information content (AvgIpc) is 2.65. The molecule has 0 bridgehead atoms. The minimum Gasteiger partial charge on any atom is -0.479 e. The lowest BCUT2D eigenvalue weighted by molar-refractivity contribution is 0.368. The Bertz CT molecular complexity index is 483. The van der Waals surface area contributed by atoms with Crippen molar-refractivity contribution in [2.75, 3.05) is 7.11 Å². The highest BCUT2D eigenvalue weighted by Crippen LogP contribution is 2.23. The van der Waals surface area contributed by atoms with Gasteiger partial charge in [-0.3, -0.25) is 4.68 Å². The second-order valence-electron chi connectivity index (χ2n) is 2.95. The van der Waals surface area contributed by atoms with Crippen molar-refractivity contribution < 1.29 is 9.13 Å². The molecule has 0 fully saturated rings. The Balaban J connectivity index is 2.53. The first-order chi connectivity index (χ1) is 7.22. The summed E-state index contributed by atoms with van der Waals surface area (Å²) < 4.78 is 20.0. The highest BCUT2D eigenvalue weighted by Gasteiger charge is 2.14. The second kappa shape index (κ2) is 3.64. The van der Waals surface area contributed by atoms with Gasteiger partial charge in [-0.05, 0) is 0 Å². The predicted molar refractivity (Wildman–Crippen MR) is 50.7 cm³/mol. The number of hydrogen-bond donors (Lipinski definition) is 0. The number of methoxy groups -OCH3 is 1. The van der Waals surface area contributed by atoms with Gasteiger partial charge in [-0.15, -0.1) is 0 Å². The van der Waals surface area contributed by atoms with Gasteiger partial charge in [-0.2, -0.15) is 14.5 Å². The van der Waals surface area contributed by atoms with Gasteiger partial charge in [0.25, 0.3) is 5.88 Å². The van der Waals surface area contributed by atoms with E-state index < -0.39 is 5.82 Å². The number of rotatable bonds is 2. The van der Waals surface area contributed by atoms with Crippen molar-refractivity contribution >= 4 is 0 Å². The van der Waals surface area contributed by atoms with E-state index in [0.29, 0.717) is 5.56 Å². The van der Waals surface area contributed by atoms with Crippen molar-refractivity contribution in [3.63, 3.8) is 0 Å². The van der Waals surface area contributed by atoms with E-state index in [2.05, 4.69) is 15.1 Å². The molecule has 78 valence electrons. The number of aromatic nitrogens is 4. The molecule has 2 rings (SSSR count). The molecule has 2 aromatic heterocycles. The molecule has 0 saturated carbocycles. The Kier molecular flexibility index (Phi) is 2.32. The van der Waals surface area contributed by atoms with Crippen LogP contribution in [0.2, 0.25) is 0 Å². The maximum Gasteiger partial charge on any atom is 0.253 e. The maximum atomic E-state index is 13.7. The molecular weight excluding hydrogens is 199 g/mol. The second-order valence-corrected chi connectivity index (χ2v) is 2.95. The van der Waals surface area contributed by atoms with E-state index >= 15 is 0 Å². The zero-order chi connectivity index (χ0) is 10.8. The minimum atomic E-state index is -0.576. The van der Waals surface area contributed by atoms with Crippen LogP contribution in [0.4, 0.5) is 4.39 Å². The van der Waals surface area contributed by atoms with Crippen LogP contribution in [-0.2, 0) is 7.05 Å². The van der Waals surface area contributed by atoms with Gasteiger partial charge in [0.05, 0.1) is 13.3 Å². The third kappa shape index (κ3) is 1.65. The van der Waals surface area contributed by atoms with E-state index in [1.807, 2.05) is 0 Å². The lowest BCUT2D eigenvalue weighted by Gasteiger charge is -2.02. The fourth-order valence-corrected chi connectivity index (χ4v) is 1.24. The third-order valence-corrected chi connectivity index (χ3v) is 1.93. The van der Waals surface area contributed by atoms with Crippen LogP contribution < -0.4 is 4.74 Å². The monoisotopic (exact) mass is 208 g/mol.